The van der Waals surface area contributed by atoms with E-state index >= 15 is 0 Å². The summed E-state index contributed by atoms with van der Waals surface area (Å²) < 4.78 is 2.37. The SMILES string of the molecule is Cc1ccnc(-c2cc3c4c(ccc3[nH]2)-c2c(C3CCCCC3)c3ccc(C(=O)O)cc3n2CCN4)c1. The van der Waals surface area contributed by atoms with Crippen molar-refractivity contribution in [1.29, 1.82) is 0 Å². The summed E-state index contributed by atoms with van der Waals surface area (Å²) >= 11 is 0. The van der Waals surface area contributed by atoms with Gasteiger partial charge in [0.15, 0.2) is 0 Å². The van der Waals surface area contributed by atoms with Crippen LogP contribution in [0.3, 0.4) is 0 Å². The van der Waals surface area contributed by atoms with Gasteiger partial charge in [-0.2, -0.15) is 0 Å². The van der Waals surface area contributed by atoms with Crippen molar-refractivity contribution in [3.05, 3.63) is 71.4 Å². The van der Waals surface area contributed by atoms with Gasteiger partial charge < -0.3 is 20.0 Å². The molecule has 186 valence electrons. The number of aromatic nitrogens is 3. The zero-order valence-electron chi connectivity index (χ0n) is 21.0. The first-order chi connectivity index (χ1) is 18.1. The second-order valence-electron chi connectivity index (χ2n) is 10.6. The van der Waals surface area contributed by atoms with Crippen LogP contribution < -0.4 is 5.32 Å². The Morgan fingerprint density at radius 2 is 1.89 bits per heavy atom. The molecule has 1 fully saturated rings. The van der Waals surface area contributed by atoms with Crippen molar-refractivity contribution in [2.45, 2.75) is 51.5 Å². The molecule has 0 saturated heterocycles. The molecule has 0 amide bonds. The van der Waals surface area contributed by atoms with Crippen LogP contribution in [0.2, 0.25) is 0 Å². The van der Waals surface area contributed by atoms with Gasteiger partial charge in [0.25, 0.3) is 0 Å². The molecule has 0 bridgehead atoms. The van der Waals surface area contributed by atoms with Gasteiger partial charge in [-0.1, -0.05) is 25.3 Å². The summed E-state index contributed by atoms with van der Waals surface area (Å²) in [7, 11) is 0. The van der Waals surface area contributed by atoms with Crippen molar-refractivity contribution in [2.24, 2.45) is 0 Å². The molecule has 1 saturated carbocycles. The number of benzene rings is 2. The highest BCUT2D eigenvalue weighted by atomic mass is 16.4. The van der Waals surface area contributed by atoms with Crippen molar-refractivity contribution in [3.63, 3.8) is 0 Å². The van der Waals surface area contributed by atoms with E-state index in [4.69, 9.17) is 0 Å². The maximum atomic E-state index is 11.8. The maximum Gasteiger partial charge on any atom is 0.335 e. The topological polar surface area (TPSA) is 82.9 Å². The number of aromatic carboxylic acids is 1. The monoisotopic (exact) mass is 490 g/mol. The van der Waals surface area contributed by atoms with E-state index in [9.17, 15) is 9.90 Å². The molecule has 4 heterocycles. The molecule has 0 radical (unpaired) electrons. The van der Waals surface area contributed by atoms with E-state index in [-0.39, 0.29) is 0 Å². The van der Waals surface area contributed by atoms with Gasteiger partial charge in [0.2, 0.25) is 0 Å². The summed E-state index contributed by atoms with van der Waals surface area (Å²) in [6.45, 7) is 3.64. The van der Waals surface area contributed by atoms with E-state index < -0.39 is 5.97 Å². The van der Waals surface area contributed by atoms with Gasteiger partial charge in [-0.3, -0.25) is 4.98 Å². The Bertz CT molecular complexity index is 1690. The molecule has 2 aromatic carbocycles. The van der Waals surface area contributed by atoms with Gasteiger partial charge in [-0.05, 0) is 79.3 Å². The van der Waals surface area contributed by atoms with E-state index in [0.717, 1.165) is 46.6 Å². The van der Waals surface area contributed by atoms with Gasteiger partial charge in [0.05, 0.1) is 28.3 Å². The summed E-state index contributed by atoms with van der Waals surface area (Å²) in [5, 5.41) is 15.8. The van der Waals surface area contributed by atoms with Gasteiger partial charge in [-0.15, -0.1) is 0 Å². The first-order valence-corrected chi connectivity index (χ1v) is 13.3. The Morgan fingerprint density at radius 3 is 2.70 bits per heavy atom. The average molecular weight is 491 g/mol. The van der Waals surface area contributed by atoms with Gasteiger partial charge in [-0.25, -0.2) is 4.79 Å². The van der Waals surface area contributed by atoms with E-state index in [1.54, 1.807) is 6.07 Å². The van der Waals surface area contributed by atoms with Gasteiger partial charge >= 0.3 is 5.97 Å². The predicted molar refractivity (Wildman–Crippen MR) is 148 cm³/mol. The molecule has 1 aliphatic carbocycles. The number of hydrogen-bond donors (Lipinski definition) is 3. The van der Waals surface area contributed by atoms with Crippen molar-refractivity contribution in [2.75, 3.05) is 11.9 Å². The third kappa shape index (κ3) is 3.54. The molecular formula is C31H30N4O2. The molecule has 6 heteroatoms. The lowest BCUT2D eigenvalue weighted by Gasteiger charge is -2.24. The predicted octanol–water partition coefficient (Wildman–Crippen LogP) is 7.33. The van der Waals surface area contributed by atoms with Gasteiger partial charge in [0, 0.05) is 46.7 Å². The zero-order chi connectivity index (χ0) is 25.1. The lowest BCUT2D eigenvalue weighted by molar-refractivity contribution is 0.0697. The number of carboxylic acids is 1. The molecule has 5 aromatic rings. The summed E-state index contributed by atoms with van der Waals surface area (Å²) in [6, 6.07) is 16.4. The van der Waals surface area contributed by atoms with Crippen LogP contribution in [0.1, 0.15) is 59.5 Å². The highest BCUT2D eigenvalue weighted by molar-refractivity contribution is 6.06. The molecule has 0 spiro atoms. The van der Waals surface area contributed by atoms with Crippen molar-refractivity contribution >= 4 is 33.5 Å². The molecule has 3 N–H and O–H groups in total. The molecule has 37 heavy (non-hydrogen) atoms. The van der Waals surface area contributed by atoms with Crippen LogP contribution in [0, 0.1) is 6.92 Å². The van der Waals surface area contributed by atoms with Crippen LogP contribution in [0.4, 0.5) is 5.69 Å². The van der Waals surface area contributed by atoms with E-state index in [2.05, 4.69) is 51.0 Å². The van der Waals surface area contributed by atoms with E-state index in [1.807, 2.05) is 24.4 Å². The fraction of sp³-hybridized carbons (Fsp3) is 0.290. The van der Waals surface area contributed by atoms with Gasteiger partial charge in [0.1, 0.15) is 0 Å². The van der Waals surface area contributed by atoms with Crippen LogP contribution in [0.25, 0.3) is 44.5 Å². The number of aromatic amines is 1. The van der Waals surface area contributed by atoms with Crippen LogP contribution in [-0.4, -0.2) is 32.2 Å². The number of carboxylic acid groups (broad SMARTS) is 1. The van der Waals surface area contributed by atoms with E-state index in [0.29, 0.717) is 11.5 Å². The second kappa shape index (κ2) is 8.51. The number of aryl methyl sites for hydroxylation is 1. The Labute approximate surface area is 215 Å². The molecule has 0 unspecified atom stereocenters. The summed E-state index contributed by atoms with van der Waals surface area (Å²) in [6.07, 6.45) is 8.02. The molecule has 3 aromatic heterocycles. The van der Waals surface area contributed by atoms with Crippen LogP contribution in [0.15, 0.2) is 54.7 Å². The highest BCUT2D eigenvalue weighted by Crippen LogP contribution is 2.48. The molecule has 7 rings (SSSR count). The number of nitrogens with one attached hydrogen (secondary N) is 2. The number of carbonyl (C=O) groups is 1. The largest absolute Gasteiger partial charge is 0.478 e. The molecule has 0 atom stereocenters. The fourth-order valence-electron chi connectivity index (χ4n) is 6.54. The quantitative estimate of drug-likeness (QED) is 0.247. The molecule has 1 aliphatic heterocycles. The summed E-state index contributed by atoms with van der Waals surface area (Å²) in [5.41, 5.74) is 10.6. The normalized spacial score (nSPS) is 15.8. The lowest BCUT2D eigenvalue weighted by Crippen LogP contribution is -2.08. The van der Waals surface area contributed by atoms with Crippen LogP contribution in [0.5, 0.6) is 0 Å². The van der Waals surface area contributed by atoms with Crippen molar-refractivity contribution in [1.82, 2.24) is 14.5 Å². The summed E-state index contributed by atoms with van der Waals surface area (Å²) in [5.74, 6) is -0.391. The van der Waals surface area contributed by atoms with E-state index in [1.165, 1.54) is 59.9 Å². The minimum atomic E-state index is -0.880. The number of rotatable bonds is 3. The number of anilines is 1. The number of pyridine rings is 1. The summed E-state index contributed by atoms with van der Waals surface area (Å²) in [4.78, 5) is 20.0. The number of fused-ring (bicyclic) bond motifs is 7. The Morgan fingerprint density at radius 1 is 1.03 bits per heavy atom. The van der Waals surface area contributed by atoms with Crippen molar-refractivity contribution < 1.29 is 9.90 Å². The highest BCUT2D eigenvalue weighted by Gasteiger charge is 2.30. The lowest BCUT2D eigenvalue weighted by atomic mass is 9.81. The average Bonchev–Trinajstić information content (AvgIpc) is 3.43. The third-order valence-electron chi connectivity index (χ3n) is 8.25. The number of H-pyrrole nitrogens is 1. The Hall–Kier alpha value is -4.06. The first kappa shape index (κ1) is 22.2. The zero-order valence-corrected chi connectivity index (χ0v) is 21.0. The second-order valence-corrected chi connectivity index (χ2v) is 10.6. The molecule has 6 nitrogen and oxygen atoms in total. The smallest absolute Gasteiger partial charge is 0.335 e. The Balaban J connectivity index is 1.49. The standard InChI is InChI=1S/C31H30N4O2/c1-18-11-12-32-25(15-18)26-17-23-24(34-26)10-9-22-29(23)33-13-14-35-27-16-20(31(36)37)7-8-21(27)28(30(22)35)19-5-3-2-4-6-19/h7-12,15-17,19,33-34H,2-6,13-14H2,1H3,(H,36,37). The Kier molecular flexibility index (Phi) is 5.10. The van der Waals surface area contributed by atoms with Crippen LogP contribution >= 0.6 is 0 Å². The number of nitrogens with zero attached hydrogens (tertiary/aromatic N) is 2. The first-order valence-electron chi connectivity index (χ1n) is 13.3. The third-order valence-corrected chi connectivity index (χ3v) is 8.25. The number of hydrogen-bond acceptors (Lipinski definition) is 3. The maximum absolute atomic E-state index is 11.8. The molecule has 2 aliphatic rings. The minimum absolute atomic E-state index is 0.344. The fourth-order valence-corrected chi connectivity index (χ4v) is 6.54. The molecular weight excluding hydrogens is 460 g/mol. The van der Waals surface area contributed by atoms with Crippen molar-refractivity contribution in [3.8, 4) is 22.6 Å². The van der Waals surface area contributed by atoms with Crippen LogP contribution in [-0.2, 0) is 6.54 Å². The minimum Gasteiger partial charge on any atom is -0.478 e.